The number of thiazole rings is 2. The first kappa shape index (κ1) is 26.0. The number of benzene rings is 2. The lowest BCUT2D eigenvalue weighted by Gasteiger charge is -1.99. The molecule has 2 amide bonds. The monoisotopic (exact) mass is 586 g/mol. The van der Waals surface area contributed by atoms with E-state index in [-0.39, 0.29) is 23.3 Å². The number of carbonyl (C=O) groups is 2. The number of nitrogens with one attached hydrogen (secondary N) is 2. The van der Waals surface area contributed by atoms with E-state index in [1.165, 1.54) is 68.7 Å². The van der Waals surface area contributed by atoms with E-state index in [9.17, 15) is 9.59 Å². The van der Waals surface area contributed by atoms with E-state index in [0.29, 0.717) is 18.9 Å². The van der Waals surface area contributed by atoms with Gasteiger partial charge in [-0.3, -0.25) is 9.59 Å². The van der Waals surface area contributed by atoms with Crippen LogP contribution in [-0.4, -0.2) is 43.5 Å². The molecule has 0 fully saturated rings. The lowest BCUT2D eigenvalue weighted by molar-refractivity contribution is -0.114. The van der Waals surface area contributed by atoms with Crippen LogP contribution in [0.15, 0.2) is 32.9 Å². The second-order valence-corrected chi connectivity index (χ2v) is 13.9. The summed E-state index contributed by atoms with van der Waals surface area (Å²) >= 11 is 6.92. The number of hydrogen-bond acceptors (Lipinski definition) is 11. The molecule has 190 valence electrons. The average molecular weight is 587 g/mol. The summed E-state index contributed by atoms with van der Waals surface area (Å²) in [6, 6.07) is 8.32. The Bertz CT molecular complexity index is 1520. The van der Waals surface area contributed by atoms with E-state index >= 15 is 0 Å². The second kappa shape index (κ2) is 11.0. The molecule has 0 saturated heterocycles. The van der Waals surface area contributed by atoms with E-state index in [1.54, 1.807) is 0 Å². The first-order valence-electron chi connectivity index (χ1n) is 11.2. The average Bonchev–Trinajstić information content (AvgIpc) is 3.54. The lowest BCUT2D eigenvalue weighted by atomic mass is 10.1. The number of carbonyl (C=O) groups excluding carboxylic acids is 2. The van der Waals surface area contributed by atoms with Crippen LogP contribution < -0.4 is 10.6 Å². The molecular formula is C24H22N6O2S5. The fraction of sp³-hybridized carbons (Fsp3) is 0.250. The molecule has 2 N–H and O–H groups in total. The standard InChI is InChI=1S/C24H22N6O2S5/c1-11-5-13(3)19-15(7-11)35-21(27-19)25-17(31)9-33-23-29-30-24(37-23)34-10-18(32)26-22-28-20-14(4)6-12(2)8-16(20)36-22/h5-8H,9-10H2,1-4H3,(H,25,27,31)(H,26,28,32). The molecule has 0 unspecified atom stereocenters. The smallest absolute Gasteiger partial charge is 0.236 e. The van der Waals surface area contributed by atoms with Gasteiger partial charge in [0, 0.05) is 0 Å². The molecule has 3 aromatic heterocycles. The van der Waals surface area contributed by atoms with Gasteiger partial charge >= 0.3 is 0 Å². The van der Waals surface area contributed by atoms with Crippen LogP contribution in [0.25, 0.3) is 20.4 Å². The van der Waals surface area contributed by atoms with Crippen LogP contribution >= 0.6 is 57.5 Å². The molecule has 0 radical (unpaired) electrons. The molecule has 0 bridgehead atoms. The van der Waals surface area contributed by atoms with Crippen molar-refractivity contribution in [3.05, 3.63) is 46.5 Å². The van der Waals surface area contributed by atoms with Gasteiger partial charge < -0.3 is 10.6 Å². The minimum Gasteiger partial charge on any atom is -0.301 e. The maximum atomic E-state index is 12.4. The first-order valence-corrected chi connectivity index (χ1v) is 15.6. The Morgan fingerprint density at radius 2 is 1.14 bits per heavy atom. The molecule has 13 heteroatoms. The van der Waals surface area contributed by atoms with Crippen molar-refractivity contribution in [3.63, 3.8) is 0 Å². The van der Waals surface area contributed by atoms with Gasteiger partial charge in [0.15, 0.2) is 18.9 Å². The third kappa shape index (κ3) is 6.29. The van der Waals surface area contributed by atoms with Gasteiger partial charge in [-0.25, -0.2) is 9.97 Å². The van der Waals surface area contributed by atoms with Crippen LogP contribution in [0.4, 0.5) is 10.3 Å². The Kier molecular flexibility index (Phi) is 7.77. The van der Waals surface area contributed by atoms with Crippen molar-refractivity contribution < 1.29 is 9.59 Å². The number of fused-ring (bicyclic) bond motifs is 2. The van der Waals surface area contributed by atoms with Gasteiger partial charge in [0.25, 0.3) is 0 Å². The molecule has 37 heavy (non-hydrogen) atoms. The predicted molar refractivity (Wildman–Crippen MR) is 157 cm³/mol. The van der Waals surface area contributed by atoms with E-state index in [0.717, 1.165) is 31.6 Å². The molecule has 0 aliphatic heterocycles. The number of aryl methyl sites for hydroxylation is 4. The van der Waals surface area contributed by atoms with Crippen LogP contribution in [0.1, 0.15) is 22.3 Å². The molecule has 2 aromatic carbocycles. The SMILES string of the molecule is Cc1cc(C)c2nc(NC(=O)CSc3nnc(SCC(=O)Nc4nc5c(C)cc(C)cc5s4)s3)sc2c1. The van der Waals surface area contributed by atoms with Gasteiger partial charge in [-0.15, -0.1) is 10.2 Å². The lowest BCUT2D eigenvalue weighted by Crippen LogP contribution is -2.13. The fourth-order valence-electron chi connectivity index (χ4n) is 3.73. The number of anilines is 2. The van der Waals surface area contributed by atoms with Gasteiger partial charge in [0.1, 0.15) is 0 Å². The van der Waals surface area contributed by atoms with Gasteiger partial charge in [-0.1, -0.05) is 69.7 Å². The van der Waals surface area contributed by atoms with Crippen molar-refractivity contribution >= 4 is 100 Å². The number of aromatic nitrogens is 4. The summed E-state index contributed by atoms with van der Waals surface area (Å²) in [6.07, 6.45) is 0. The highest BCUT2D eigenvalue weighted by atomic mass is 32.2. The maximum Gasteiger partial charge on any atom is 0.236 e. The zero-order valence-corrected chi connectivity index (χ0v) is 24.5. The summed E-state index contributed by atoms with van der Waals surface area (Å²) in [5, 5.41) is 15.2. The van der Waals surface area contributed by atoms with Crippen molar-refractivity contribution in [1.82, 2.24) is 20.2 Å². The van der Waals surface area contributed by atoms with Crippen molar-refractivity contribution in [2.24, 2.45) is 0 Å². The van der Waals surface area contributed by atoms with Crippen molar-refractivity contribution in [2.45, 2.75) is 36.4 Å². The molecule has 5 aromatic rings. The zero-order chi connectivity index (χ0) is 26.1. The molecule has 5 rings (SSSR count). The highest BCUT2D eigenvalue weighted by Gasteiger charge is 2.14. The number of amides is 2. The summed E-state index contributed by atoms with van der Waals surface area (Å²) in [7, 11) is 0. The third-order valence-corrected chi connectivity index (χ3v) is 10.2. The Hall–Kier alpha value is -2.58. The van der Waals surface area contributed by atoms with E-state index in [2.05, 4.69) is 55.1 Å². The number of hydrogen-bond donors (Lipinski definition) is 2. The summed E-state index contributed by atoms with van der Waals surface area (Å²) in [4.78, 5) is 34.0. The minimum atomic E-state index is -0.150. The molecule has 3 heterocycles. The third-order valence-electron chi connectivity index (χ3n) is 5.19. The number of thioether (sulfide) groups is 2. The second-order valence-electron chi connectivity index (χ2n) is 8.40. The van der Waals surface area contributed by atoms with Crippen LogP contribution in [0.2, 0.25) is 0 Å². The fourth-order valence-corrected chi connectivity index (χ4v) is 8.46. The van der Waals surface area contributed by atoms with Crippen molar-refractivity contribution in [3.8, 4) is 0 Å². The topological polar surface area (TPSA) is 110 Å². The molecule has 0 saturated carbocycles. The summed E-state index contributed by atoms with van der Waals surface area (Å²) < 4.78 is 3.46. The molecule has 8 nitrogen and oxygen atoms in total. The van der Waals surface area contributed by atoms with Crippen LogP contribution in [0.3, 0.4) is 0 Å². The summed E-state index contributed by atoms with van der Waals surface area (Å²) in [5.74, 6) is 0.0981. The maximum absolute atomic E-state index is 12.4. The first-order chi connectivity index (χ1) is 17.7. The van der Waals surface area contributed by atoms with Crippen molar-refractivity contribution in [1.29, 1.82) is 0 Å². The quantitative estimate of drug-likeness (QED) is 0.200. The largest absolute Gasteiger partial charge is 0.301 e. The zero-order valence-electron chi connectivity index (χ0n) is 20.4. The van der Waals surface area contributed by atoms with E-state index in [4.69, 9.17) is 0 Å². The van der Waals surface area contributed by atoms with E-state index < -0.39 is 0 Å². The molecular weight excluding hydrogens is 565 g/mol. The summed E-state index contributed by atoms with van der Waals surface area (Å²) in [6.45, 7) is 8.14. The Balaban J connectivity index is 1.10. The predicted octanol–water partition coefficient (Wildman–Crippen LogP) is 6.45. The van der Waals surface area contributed by atoms with Gasteiger partial charge in [-0.05, 0) is 62.1 Å². The molecule has 0 spiro atoms. The van der Waals surface area contributed by atoms with Crippen LogP contribution in [0.5, 0.6) is 0 Å². The van der Waals surface area contributed by atoms with Crippen LogP contribution in [-0.2, 0) is 9.59 Å². The highest BCUT2D eigenvalue weighted by Crippen LogP contribution is 2.32. The van der Waals surface area contributed by atoms with Crippen molar-refractivity contribution in [2.75, 3.05) is 22.1 Å². The number of rotatable bonds is 8. The Labute approximate surface area is 233 Å². The van der Waals surface area contributed by atoms with Gasteiger partial charge in [0.2, 0.25) is 11.8 Å². The van der Waals surface area contributed by atoms with E-state index in [1.807, 2.05) is 27.7 Å². The molecule has 0 aliphatic carbocycles. The summed E-state index contributed by atoms with van der Waals surface area (Å²) in [5.41, 5.74) is 6.37. The normalized spacial score (nSPS) is 11.4. The highest BCUT2D eigenvalue weighted by molar-refractivity contribution is 8.03. The Morgan fingerprint density at radius 3 is 1.57 bits per heavy atom. The Morgan fingerprint density at radius 1 is 0.703 bits per heavy atom. The van der Waals surface area contributed by atoms with Gasteiger partial charge in [-0.2, -0.15) is 0 Å². The minimum absolute atomic E-state index is 0.150. The molecule has 0 atom stereocenters. The van der Waals surface area contributed by atoms with Gasteiger partial charge in [0.05, 0.1) is 31.9 Å². The molecule has 0 aliphatic rings. The van der Waals surface area contributed by atoms with Crippen LogP contribution in [0, 0.1) is 27.7 Å². The number of nitrogens with zero attached hydrogens (tertiary/aromatic N) is 4.